The number of nitrogens with zero attached hydrogens (tertiary/aromatic N) is 1. The van der Waals surface area contributed by atoms with E-state index in [1.54, 1.807) is 4.90 Å². The van der Waals surface area contributed by atoms with Crippen LogP contribution in [0.4, 0.5) is 4.79 Å². The van der Waals surface area contributed by atoms with Crippen LogP contribution >= 0.6 is 0 Å². The Morgan fingerprint density at radius 2 is 1.80 bits per heavy atom. The largest absolute Gasteiger partial charge is 0.469 e. The Kier molecular flexibility index (Phi) is 5.39. The molecule has 1 aliphatic rings. The SMILES string of the molecule is COC(=O)CC1(CN)CCN(C(=O)OC(C)(C)C)CC1. The average molecular weight is 286 g/mol. The van der Waals surface area contributed by atoms with Gasteiger partial charge in [0.1, 0.15) is 5.60 Å². The van der Waals surface area contributed by atoms with E-state index in [4.69, 9.17) is 15.2 Å². The minimum Gasteiger partial charge on any atom is -0.469 e. The molecule has 0 spiro atoms. The van der Waals surface area contributed by atoms with Crippen LogP contribution in [-0.4, -0.2) is 49.3 Å². The average Bonchev–Trinajstić information content (AvgIpc) is 2.37. The highest BCUT2D eigenvalue weighted by Crippen LogP contribution is 2.34. The second-order valence-electron chi connectivity index (χ2n) is 6.42. The summed E-state index contributed by atoms with van der Waals surface area (Å²) in [5.41, 5.74) is 5.07. The van der Waals surface area contributed by atoms with Gasteiger partial charge in [-0.15, -0.1) is 0 Å². The lowest BCUT2D eigenvalue weighted by Crippen LogP contribution is -2.48. The summed E-state index contributed by atoms with van der Waals surface area (Å²) in [5, 5.41) is 0. The summed E-state index contributed by atoms with van der Waals surface area (Å²) in [6.07, 6.45) is 1.39. The molecule has 2 N–H and O–H groups in total. The number of esters is 1. The lowest BCUT2D eigenvalue weighted by molar-refractivity contribution is -0.144. The fourth-order valence-corrected chi connectivity index (χ4v) is 2.32. The lowest BCUT2D eigenvalue weighted by Gasteiger charge is -2.40. The van der Waals surface area contributed by atoms with Crippen LogP contribution in [0.15, 0.2) is 0 Å². The van der Waals surface area contributed by atoms with Crippen molar-refractivity contribution in [3.63, 3.8) is 0 Å². The molecule has 1 saturated heterocycles. The molecule has 0 atom stereocenters. The normalized spacial score (nSPS) is 18.6. The first kappa shape index (κ1) is 16.8. The third-order valence-corrected chi connectivity index (χ3v) is 3.66. The first-order valence-electron chi connectivity index (χ1n) is 6.96. The number of rotatable bonds is 3. The van der Waals surface area contributed by atoms with Crippen LogP contribution in [0.25, 0.3) is 0 Å². The standard InChI is InChI=1S/C14H26N2O4/c1-13(2,3)20-12(18)16-7-5-14(10-15,6-8-16)9-11(17)19-4/h5-10,15H2,1-4H3. The molecular weight excluding hydrogens is 260 g/mol. The molecule has 0 radical (unpaired) electrons. The second-order valence-corrected chi connectivity index (χ2v) is 6.42. The summed E-state index contributed by atoms with van der Waals surface area (Å²) >= 11 is 0. The lowest BCUT2D eigenvalue weighted by atomic mass is 9.76. The summed E-state index contributed by atoms with van der Waals surface area (Å²) in [7, 11) is 1.38. The molecule has 1 rings (SSSR count). The van der Waals surface area contributed by atoms with Gasteiger partial charge in [0.2, 0.25) is 0 Å². The maximum absolute atomic E-state index is 12.0. The molecule has 1 heterocycles. The maximum atomic E-state index is 12.0. The molecule has 0 aliphatic carbocycles. The molecule has 1 aliphatic heterocycles. The number of amides is 1. The van der Waals surface area contributed by atoms with Gasteiger partial charge in [-0.05, 0) is 45.6 Å². The predicted molar refractivity (Wildman–Crippen MR) is 75.2 cm³/mol. The van der Waals surface area contributed by atoms with Crippen LogP contribution in [0.3, 0.4) is 0 Å². The Morgan fingerprint density at radius 3 is 2.20 bits per heavy atom. The maximum Gasteiger partial charge on any atom is 0.410 e. The van der Waals surface area contributed by atoms with Crippen molar-refractivity contribution in [2.24, 2.45) is 11.1 Å². The number of ether oxygens (including phenoxy) is 2. The fraction of sp³-hybridized carbons (Fsp3) is 0.857. The molecule has 0 bridgehead atoms. The van der Waals surface area contributed by atoms with E-state index in [1.165, 1.54) is 7.11 Å². The van der Waals surface area contributed by atoms with E-state index in [-0.39, 0.29) is 17.5 Å². The van der Waals surface area contributed by atoms with Gasteiger partial charge >= 0.3 is 12.1 Å². The summed E-state index contributed by atoms with van der Waals surface area (Å²) in [6, 6.07) is 0. The summed E-state index contributed by atoms with van der Waals surface area (Å²) in [4.78, 5) is 25.1. The zero-order valence-electron chi connectivity index (χ0n) is 12.9. The van der Waals surface area contributed by atoms with Crippen molar-refractivity contribution in [2.75, 3.05) is 26.7 Å². The molecule has 0 aromatic heterocycles. The molecule has 6 heteroatoms. The van der Waals surface area contributed by atoms with E-state index in [9.17, 15) is 9.59 Å². The Bertz CT molecular complexity index is 355. The summed E-state index contributed by atoms with van der Waals surface area (Å²) in [5.74, 6) is -0.249. The topological polar surface area (TPSA) is 81.9 Å². The number of hydrogen-bond acceptors (Lipinski definition) is 5. The van der Waals surface area contributed by atoms with Gasteiger partial charge in [-0.3, -0.25) is 4.79 Å². The number of likely N-dealkylation sites (tertiary alicyclic amines) is 1. The summed E-state index contributed by atoms with van der Waals surface area (Å²) < 4.78 is 10.1. The van der Waals surface area contributed by atoms with E-state index in [0.717, 1.165) is 0 Å². The first-order valence-corrected chi connectivity index (χ1v) is 6.96. The third kappa shape index (κ3) is 4.67. The van der Waals surface area contributed by atoms with Crippen molar-refractivity contribution in [1.82, 2.24) is 4.90 Å². The number of carbonyl (C=O) groups excluding carboxylic acids is 2. The van der Waals surface area contributed by atoms with Gasteiger partial charge in [0, 0.05) is 13.1 Å². The van der Waals surface area contributed by atoms with E-state index >= 15 is 0 Å². The number of piperidine rings is 1. The minimum absolute atomic E-state index is 0.249. The highest BCUT2D eigenvalue weighted by atomic mass is 16.6. The van der Waals surface area contributed by atoms with Crippen molar-refractivity contribution in [2.45, 2.75) is 45.6 Å². The zero-order chi connectivity index (χ0) is 15.4. The molecule has 0 saturated carbocycles. The molecular formula is C14H26N2O4. The van der Waals surface area contributed by atoms with Crippen molar-refractivity contribution in [1.29, 1.82) is 0 Å². The van der Waals surface area contributed by atoms with Gasteiger partial charge in [0.15, 0.2) is 0 Å². The van der Waals surface area contributed by atoms with Gasteiger partial charge < -0.3 is 20.1 Å². The van der Waals surface area contributed by atoms with E-state index < -0.39 is 5.60 Å². The molecule has 0 aromatic rings. The molecule has 116 valence electrons. The number of hydrogen-bond donors (Lipinski definition) is 1. The molecule has 0 unspecified atom stereocenters. The van der Waals surface area contributed by atoms with Crippen LogP contribution in [0.5, 0.6) is 0 Å². The number of nitrogens with two attached hydrogens (primary N) is 1. The van der Waals surface area contributed by atoms with Crippen molar-refractivity contribution < 1.29 is 19.1 Å². The van der Waals surface area contributed by atoms with Gasteiger partial charge in [-0.2, -0.15) is 0 Å². The van der Waals surface area contributed by atoms with Crippen LogP contribution in [0, 0.1) is 5.41 Å². The number of carbonyl (C=O) groups is 2. The minimum atomic E-state index is -0.495. The Hall–Kier alpha value is -1.30. The van der Waals surface area contributed by atoms with Crippen molar-refractivity contribution in [3.8, 4) is 0 Å². The monoisotopic (exact) mass is 286 g/mol. The fourth-order valence-electron chi connectivity index (χ4n) is 2.32. The van der Waals surface area contributed by atoms with Crippen molar-refractivity contribution in [3.05, 3.63) is 0 Å². The van der Waals surface area contributed by atoms with Crippen LogP contribution in [0.1, 0.15) is 40.0 Å². The molecule has 20 heavy (non-hydrogen) atoms. The molecule has 1 fully saturated rings. The zero-order valence-corrected chi connectivity index (χ0v) is 12.9. The van der Waals surface area contributed by atoms with E-state index in [1.807, 2.05) is 20.8 Å². The van der Waals surface area contributed by atoms with Gasteiger partial charge in [-0.1, -0.05) is 0 Å². The highest BCUT2D eigenvalue weighted by Gasteiger charge is 2.38. The Balaban J connectivity index is 2.57. The second kappa shape index (κ2) is 6.43. The first-order chi connectivity index (χ1) is 9.21. The van der Waals surface area contributed by atoms with Crippen LogP contribution in [0.2, 0.25) is 0 Å². The van der Waals surface area contributed by atoms with E-state index in [2.05, 4.69) is 0 Å². The van der Waals surface area contributed by atoms with Gasteiger partial charge in [0.05, 0.1) is 13.5 Å². The Labute approximate surface area is 120 Å². The van der Waals surface area contributed by atoms with Crippen LogP contribution < -0.4 is 5.73 Å². The van der Waals surface area contributed by atoms with Crippen LogP contribution in [-0.2, 0) is 14.3 Å². The van der Waals surface area contributed by atoms with E-state index in [0.29, 0.717) is 38.9 Å². The third-order valence-electron chi connectivity index (χ3n) is 3.66. The quantitative estimate of drug-likeness (QED) is 0.796. The Morgan fingerprint density at radius 1 is 1.25 bits per heavy atom. The molecule has 6 nitrogen and oxygen atoms in total. The predicted octanol–water partition coefficient (Wildman–Crippen LogP) is 1.53. The molecule has 1 amide bonds. The summed E-state index contributed by atoms with van der Waals surface area (Å²) in [6.45, 7) is 7.07. The van der Waals surface area contributed by atoms with Gasteiger partial charge in [0.25, 0.3) is 0 Å². The van der Waals surface area contributed by atoms with Crippen molar-refractivity contribution >= 4 is 12.1 Å². The molecule has 0 aromatic carbocycles. The number of methoxy groups -OCH3 is 1. The smallest absolute Gasteiger partial charge is 0.410 e. The highest BCUT2D eigenvalue weighted by molar-refractivity contribution is 5.70. The van der Waals surface area contributed by atoms with Gasteiger partial charge in [-0.25, -0.2) is 4.79 Å².